The molecule has 2 aromatic carbocycles. The van der Waals surface area contributed by atoms with Crippen LogP contribution in [-0.2, 0) is 6.54 Å². The lowest BCUT2D eigenvalue weighted by molar-refractivity contribution is 0.402. The van der Waals surface area contributed by atoms with Gasteiger partial charge < -0.3 is 14.3 Å². The molecule has 0 saturated carbocycles. The molecule has 120 valence electrons. The van der Waals surface area contributed by atoms with Gasteiger partial charge in [-0.15, -0.1) is 0 Å². The molecule has 0 spiro atoms. The van der Waals surface area contributed by atoms with E-state index in [9.17, 15) is 4.79 Å². The van der Waals surface area contributed by atoms with E-state index in [4.69, 9.17) is 4.42 Å². The molecule has 2 heterocycles. The number of fused-ring (bicyclic) bond motifs is 2. The molecule has 0 unspecified atom stereocenters. The van der Waals surface area contributed by atoms with Crippen molar-refractivity contribution < 1.29 is 4.42 Å². The average molecular weight is 319 g/mol. The van der Waals surface area contributed by atoms with E-state index in [0.717, 1.165) is 28.5 Å². The molecule has 4 aromatic rings. The number of hydrogen-bond acceptors (Lipinski definition) is 4. The molecule has 0 radical (unpaired) electrons. The number of aromatic amines is 1. The van der Waals surface area contributed by atoms with Crippen molar-refractivity contribution in [3.05, 3.63) is 64.5 Å². The summed E-state index contributed by atoms with van der Waals surface area (Å²) >= 11 is 0. The predicted molar refractivity (Wildman–Crippen MR) is 95.0 cm³/mol. The number of nitrogens with one attached hydrogen (secondary N) is 1. The summed E-state index contributed by atoms with van der Waals surface area (Å²) < 4.78 is 5.53. The van der Waals surface area contributed by atoms with Gasteiger partial charge in [0.2, 0.25) is 0 Å². The topological polar surface area (TPSA) is 62.1 Å². The largest absolute Gasteiger partial charge is 0.422 e. The fraction of sp³-hybridized carbons (Fsp3) is 0.158. The van der Waals surface area contributed by atoms with E-state index in [-0.39, 0.29) is 5.63 Å². The minimum atomic E-state index is -0.386. The lowest BCUT2D eigenvalue weighted by atomic mass is 10.1. The summed E-state index contributed by atoms with van der Waals surface area (Å²) in [5.74, 6) is 0.532. The Bertz CT molecular complexity index is 1060. The zero-order chi connectivity index (χ0) is 16.7. The normalized spacial score (nSPS) is 11.6. The van der Waals surface area contributed by atoms with Crippen molar-refractivity contribution in [2.24, 2.45) is 0 Å². The average Bonchev–Trinajstić information content (AvgIpc) is 2.97. The highest BCUT2D eigenvalue weighted by Gasteiger charge is 2.12. The summed E-state index contributed by atoms with van der Waals surface area (Å²) in [5.41, 5.74) is 3.48. The van der Waals surface area contributed by atoms with Crippen LogP contribution in [0.1, 0.15) is 5.56 Å². The van der Waals surface area contributed by atoms with Crippen LogP contribution in [0.3, 0.4) is 0 Å². The Kier molecular flexibility index (Phi) is 3.43. The Morgan fingerprint density at radius 1 is 1.12 bits per heavy atom. The van der Waals surface area contributed by atoms with Crippen LogP contribution in [0.2, 0.25) is 0 Å². The summed E-state index contributed by atoms with van der Waals surface area (Å²) in [7, 11) is 4.01. The number of H-pyrrole nitrogens is 1. The SMILES string of the molecule is CN(C)Cc1ccc2cc(-c3nc4ccccc4[nH]3)c(=O)oc2c1. The number of imidazole rings is 1. The van der Waals surface area contributed by atoms with Crippen molar-refractivity contribution in [1.82, 2.24) is 14.9 Å². The van der Waals surface area contributed by atoms with Crippen LogP contribution in [0.5, 0.6) is 0 Å². The molecule has 0 aliphatic heterocycles. The summed E-state index contributed by atoms with van der Waals surface area (Å²) in [6.45, 7) is 0.797. The van der Waals surface area contributed by atoms with Crippen LogP contribution in [-0.4, -0.2) is 29.0 Å². The van der Waals surface area contributed by atoms with Gasteiger partial charge in [0.05, 0.1) is 11.0 Å². The molecule has 0 aliphatic carbocycles. The van der Waals surface area contributed by atoms with Crippen molar-refractivity contribution in [3.63, 3.8) is 0 Å². The summed E-state index contributed by atoms with van der Waals surface area (Å²) in [6.07, 6.45) is 0. The molecule has 24 heavy (non-hydrogen) atoms. The Hall–Kier alpha value is -2.92. The van der Waals surface area contributed by atoms with Gasteiger partial charge >= 0.3 is 5.63 Å². The van der Waals surface area contributed by atoms with E-state index in [1.807, 2.05) is 62.6 Å². The first-order valence-corrected chi connectivity index (χ1v) is 7.77. The van der Waals surface area contributed by atoms with Crippen molar-refractivity contribution in [3.8, 4) is 11.4 Å². The number of para-hydroxylation sites is 2. The Balaban J connectivity index is 1.84. The predicted octanol–water partition coefficient (Wildman–Crippen LogP) is 3.40. The first kappa shape index (κ1) is 14.7. The maximum Gasteiger partial charge on any atom is 0.347 e. The number of nitrogens with zero attached hydrogens (tertiary/aromatic N) is 2. The van der Waals surface area contributed by atoms with Gasteiger partial charge in [-0.3, -0.25) is 0 Å². The second kappa shape index (κ2) is 5.62. The Morgan fingerprint density at radius 3 is 2.75 bits per heavy atom. The minimum Gasteiger partial charge on any atom is -0.422 e. The fourth-order valence-electron chi connectivity index (χ4n) is 2.86. The van der Waals surface area contributed by atoms with Crippen LogP contribution < -0.4 is 5.63 Å². The zero-order valence-corrected chi connectivity index (χ0v) is 13.5. The number of rotatable bonds is 3. The molecule has 0 atom stereocenters. The maximum absolute atomic E-state index is 12.4. The highest BCUT2D eigenvalue weighted by Crippen LogP contribution is 2.22. The quantitative estimate of drug-likeness (QED) is 0.588. The van der Waals surface area contributed by atoms with E-state index < -0.39 is 0 Å². The number of aromatic nitrogens is 2. The maximum atomic E-state index is 12.4. The highest BCUT2D eigenvalue weighted by molar-refractivity contribution is 5.84. The second-order valence-electron chi connectivity index (χ2n) is 6.16. The van der Waals surface area contributed by atoms with Gasteiger partial charge in [0.1, 0.15) is 17.0 Å². The highest BCUT2D eigenvalue weighted by atomic mass is 16.4. The first-order valence-electron chi connectivity index (χ1n) is 7.77. The van der Waals surface area contributed by atoms with Crippen LogP contribution in [0, 0.1) is 0 Å². The second-order valence-corrected chi connectivity index (χ2v) is 6.16. The van der Waals surface area contributed by atoms with E-state index >= 15 is 0 Å². The van der Waals surface area contributed by atoms with Gasteiger partial charge in [-0.2, -0.15) is 0 Å². The van der Waals surface area contributed by atoms with E-state index in [2.05, 4.69) is 14.9 Å². The van der Waals surface area contributed by atoms with Gasteiger partial charge in [0.15, 0.2) is 0 Å². The van der Waals surface area contributed by atoms with Crippen molar-refractivity contribution in [2.45, 2.75) is 6.54 Å². The molecule has 4 rings (SSSR count). The molecular weight excluding hydrogens is 302 g/mol. The van der Waals surface area contributed by atoms with E-state index in [1.54, 1.807) is 0 Å². The van der Waals surface area contributed by atoms with Gasteiger partial charge in [-0.1, -0.05) is 24.3 Å². The molecule has 0 saturated heterocycles. The minimum absolute atomic E-state index is 0.386. The van der Waals surface area contributed by atoms with Crippen LogP contribution >= 0.6 is 0 Å². The molecular formula is C19H17N3O2. The molecule has 5 heteroatoms. The molecule has 0 amide bonds. The molecule has 0 aliphatic rings. The lowest BCUT2D eigenvalue weighted by Crippen LogP contribution is -2.10. The molecule has 2 aromatic heterocycles. The third-order valence-electron chi connectivity index (χ3n) is 3.94. The molecule has 5 nitrogen and oxygen atoms in total. The van der Waals surface area contributed by atoms with Crippen LogP contribution in [0.4, 0.5) is 0 Å². The standard InChI is InChI=1S/C19H17N3O2/c1-22(2)11-12-7-8-13-10-14(19(23)24-17(13)9-12)18-20-15-5-3-4-6-16(15)21-18/h3-10H,11H2,1-2H3,(H,20,21). The summed E-state index contributed by atoms with van der Waals surface area (Å²) in [4.78, 5) is 22.1. The van der Waals surface area contributed by atoms with E-state index in [1.165, 1.54) is 0 Å². The fourth-order valence-corrected chi connectivity index (χ4v) is 2.86. The van der Waals surface area contributed by atoms with Gasteiger partial charge in [-0.25, -0.2) is 9.78 Å². The zero-order valence-electron chi connectivity index (χ0n) is 13.5. The summed E-state index contributed by atoms with van der Waals surface area (Å²) in [6, 6.07) is 15.5. The first-order chi connectivity index (χ1) is 11.6. The van der Waals surface area contributed by atoms with Gasteiger partial charge in [0, 0.05) is 11.9 Å². The van der Waals surface area contributed by atoms with Gasteiger partial charge in [0.25, 0.3) is 0 Å². The van der Waals surface area contributed by atoms with Crippen molar-refractivity contribution in [1.29, 1.82) is 0 Å². The Morgan fingerprint density at radius 2 is 1.96 bits per heavy atom. The van der Waals surface area contributed by atoms with Crippen LogP contribution in [0.15, 0.2) is 57.7 Å². The van der Waals surface area contributed by atoms with Crippen molar-refractivity contribution in [2.75, 3.05) is 14.1 Å². The molecule has 0 fully saturated rings. The number of benzene rings is 2. The third-order valence-corrected chi connectivity index (χ3v) is 3.94. The van der Waals surface area contributed by atoms with Gasteiger partial charge in [-0.05, 0) is 43.9 Å². The monoisotopic (exact) mass is 319 g/mol. The van der Waals surface area contributed by atoms with Crippen LogP contribution in [0.25, 0.3) is 33.4 Å². The van der Waals surface area contributed by atoms with Crippen molar-refractivity contribution >= 4 is 22.0 Å². The Labute approximate surface area is 138 Å². The third kappa shape index (κ3) is 2.59. The molecule has 1 N–H and O–H groups in total. The smallest absolute Gasteiger partial charge is 0.347 e. The molecule has 0 bridgehead atoms. The lowest BCUT2D eigenvalue weighted by Gasteiger charge is -2.09. The summed E-state index contributed by atoms with van der Waals surface area (Å²) in [5, 5.41) is 0.882. The van der Waals surface area contributed by atoms with E-state index in [0.29, 0.717) is 17.0 Å². The number of hydrogen-bond donors (Lipinski definition) is 1.